The second-order valence-electron chi connectivity index (χ2n) is 13.2. The predicted molar refractivity (Wildman–Crippen MR) is 201 cm³/mol. The van der Waals surface area contributed by atoms with Gasteiger partial charge in [0.25, 0.3) is 0 Å². The maximum absolute atomic E-state index is 6.91. The Kier molecular flexibility index (Phi) is 4.96. The summed E-state index contributed by atoms with van der Waals surface area (Å²) in [5, 5.41) is 2.47. The van der Waals surface area contributed by atoms with Gasteiger partial charge in [0, 0.05) is 39.0 Å². The van der Waals surface area contributed by atoms with Gasteiger partial charge in [-0.2, -0.15) is 0 Å². The summed E-state index contributed by atoms with van der Waals surface area (Å²) >= 11 is 0. The van der Waals surface area contributed by atoms with Gasteiger partial charge in [-0.05, 0) is 72.3 Å². The van der Waals surface area contributed by atoms with Crippen LogP contribution in [-0.2, 0) is 0 Å². The summed E-state index contributed by atoms with van der Waals surface area (Å²) in [6, 6.07) is 53.3. The van der Waals surface area contributed by atoms with Crippen LogP contribution >= 0.6 is 0 Å². The third-order valence-electron chi connectivity index (χ3n) is 10.5. The minimum atomic E-state index is -0.337. The minimum Gasteiger partial charge on any atom is -0.551 e. The number of rotatable bonds is 2. The molecule has 3 aromatic heterocycles. The lowest BCUT2D eigenvalue weighted by Gasteiger charge is -2.33. The van der Waals surface area contributed by atoms with Gasteiger partial charge in [-0.15, -0.1) is 0 Å². The standard InChI is InChI=1S/C43H25BN4O2/c1-5-15-34-28(11-1)29-12-2-6-16-35(29)46(34)26-21-22-40-32(24-26)44-42-31(30-13-3-10-20-39(30)50-44)23-27(25-41(42)49-40)47-37-18-8-9-19-38(37)48-36-17-7-4-14-33(36)45-43(47)48/h1-25H. The average molecular weight is 641 g/mol. The molecule has 0 aliphatic carbocycles. The zero-order valence-corrected chi connectivity index (χ0v) is 26.6. The van der Waals surface area contributed by atoms with E-state index in [1.807, 2.05) is 12.1 Å². The first-order valence-corrected chi connectivity index (χ1v) is 16.9. The molecule has 0 bridgehead atoms. The molecule has 50 heavy (non-hydrogen) atoms. The lowest BCUT2D eigenvalue weighted by molar-refractivity contribution is 0.479. The molecule has 0 radical (unpaired) electrons. The molecule has 0 spiro atoms. The third kappa shape index (κ3) is 3.35. The number of nitrogens with zero attached hydrogens (tertiary/aromatic N) is 4. The Morgan fingerprint density at radius 1 is 0.480 bits per heavy atom. The van der Waals surface area contributed by atoms with Crippen LogP contribution in [0.4, 0.5) is 0 Å². The molecule has 232 valence electrons. The Morgan fingerprint density at radius 2 is 1.16 bits per heavy atom. The number of ether oxygens (including phenoxy) is 1. The quantitative estimate of drug-likeness (QED) is 0.178. The molecule has 0 amide bonds. The van der Waals surface area contributed by atoms with E-state index in [2.05, 4.69) is 153 Å². The fraction of sp³-hybridized carbons (Fsp3) is 0. The van der Waals surface area contributed by atoms with Crippen LogP contribution in [0.3, 0.4) is 0 Å². The topological polar surface area (TPSA) is 45.6 Å². The van der Waals surface area contributed by atoms with Gasteiger partial charge in [0.2, 0.25) is 5.78 Å². The van der Waals surface area contributed by atoms with Crippen molar-refractivity contribution in [1.82, 2.24) is 18.5 Å². The summed E-state index contributed by atoms with van der Waals surface area (Å²) in [7, 11) is 0. The smallest absolute Gasteiger partial charge is 0.434 e. The Bertz CT molecular complexity index is 3030. The van der Waals surface area contributed by atoms with E-state index in [1.165, 1.54) is 21.8 Å². The molecule has 2 aliphatic rings. The Labute approximate surface area is 286 Å². The molecule has 2 aliphatic heterocycles. The molecular formula is C43H25BN4O2. The number of para-hydroxylation sites is 7. The fourth-order valence-corrected chi connectivity index (χ4v) is 8.41. The highest BCUT2D eigenvalue weighted by Crippen LogP contribution is 2.42. The van der Waals surface area contributed by atoms with Crippen molar-refractivity contribution in [2.24, 2.45) is 0 Å². The monoisotopic (exact) mass is 640 g/mol. The molecule has 0 saturated heterocycles. The largest absolute Gasteiger partial charge is 0.551 e. The van der Waals surface area contributed by atoms with Crippen LogP contribution in [0.25, 0.3) is 72.2 Å². The number of imidazole rings is 2. The highest BCUT2D eigenvalue weighted by molar-refractivity contribution is 6.84. The first-order chi connectivity index (χ1) is 24.8. The van der Waals surface area contributed by atoms with Crippen molar-refractivity contribution in [1.29, 1.82) is 0 Å². The van der Waals surface area contributed by atoms with E-state index in [-0.39, 0.29) is 6.92 Å². The van der Waals surface area contributed by atoms with Gasteiger partial charge in [-0.25, -0.2) is 4.98 Å². The van der Waals surface area contributed by atoms with E-state index in [0.717, 1.165) is 78.5 Å². The van der Waals surface area contributed by atoms with E-state index >= 15 is 0 Å². The summed E-state index contributed by atoms with van der Waals surface area (Å²) in [5.74, 6) is 3.31. The Hall–Kier alpha value is -6.73. The van der Waals surface area contributed by atoms with E-state index in [9.17, 15) is 0 Å². The molecule has 12 rings (SSSR count). The van der Waals surface area contributed by atoms with Crippen LogP contribution in [0.5, 0.6) is 17.2 Å². The van der Waals surface area contributed by atoms with Gasteiger partial charge >= 0.3 is 6.92 Å². The summed E-state index contributed by atoms with van der Waals surface area (Å²) in [6.07, 6.45) is 0. The zero-order chi connectivity index (χ0) is 32.5. The van der Waals surface area contributed by atoms with Crippen molar-refractivity contribution in [3.05, 3.63) is 152 Å². The number of aromatic nitrogens is 4. The lowest BCUT2D eigenvalue weighted by atomic mass is 9.50. The van der Waals surface area contributed by atoms with Crippen LogP contribution in [0, 0.1) is 0 Å². The highest BCUT2D eigenvalue weighted by atomic mass is 16.5. The minimum absolute atomic E-state index is 0.337. The molecule has 0 saturated carbocycles. The first-order valence-electron chi connectivity index (χ1n) is 16.9. The normalized spacial score (nSPS) is 13.1. The van der Waals surface area contributed by atoms with Crippen molar-refractivity contribution in [2.75, 3.05) is 0 Å². The fourth-order valence-electron chi connectivity index (χ4n) is 8.41. The lowest BCUT2D eigenvalue weighted by Crippen LogP contribution is -2.53. The number of hydrogen-bond donors (Lipinski definition) is 0. The maximum Gasteiger partial charge on any atom is 0.434 e. The van der Waals surface area contributed by atoms with Crippen molar-refractivity contribution >= 4 is 67.5 Å². The summed E-state index contributed by atoms with van der Waals surface area (Å²) in [4.78, 5) is 5.14. The molecule has 7 heteroatoms. The Morgan fingerprint density at radius 3 is 1.98 bits per heavy atom. The van der Waals surface area contributed by atoms with Gasteiger partial charge in [0.05, 0.1) is 38.8 Å². The van der Waals surface area contributed by atoms with Crippen molar-refractivity contribution < 1.29 is 9.39 Å². The van der Waals surface area contributed by atoms with Crippen LogP contribution < -0.4 is 20.3 Å². The van der Waals surface area contributed by atoms with Crippen LogP contribution in [0.1, 0.15) is 0 Å². The molecule has 10 aromatic rings. The second kappa shape index (κ2) is 9.46. The van der Waals surface area contributed by atoms with Crippen LogP contribution in [-0.4, -0.2) is 25.4 Å². The SMILES string of the molecule is c1ccc2c(c1)OB1c3cc(-n4c5ccccc5c5ccccc54)ccc3Oc3cc(-n4c5ccccc5n5c6ccccc6nc45)cc-2c31. The second-order valence-corrected chi connectivity index (χ2v) is 13.2. The molecular weight excluding hydrogens is 615 g/mol. The van der Waals surface area contributed by atoms with Crippen molar-refractivity contribution in [3.8, 4) is 39.8 Å². The van der Waals surface area contributed by atoms with Gasteiger partial charge in [-0.3, -0.25) is 8.97 Å². The van der Waals surface area contributed by atoms with E-state index in [1.54, 1.807) is 0 Å². The molecule has 0 N–H and O–H groups in total. The highest BCUT2D eigenvalue weighted by Gasteiger charge is 2.41. The van der Waals surface area contributed by atoms with E-state index < -0.39 is 0 Å². The molecule has 5 heterocycles. The maximum atomic E-state index is 6.91. The Balaban J connectivity index is 1.10. The summed E-state index contributed by atoms with van der Waals surface area (Å²) < 4.78 is 20.6. The van der Waals surface area contributed by atoms with Crippen molar-refractivity contribution in [3.63, 3.8) is 0 Å². The average Bonchev–Trinajstić information content (AvgIpc) is 3.82. The molecule has 7 aromatic carbocycles. The number of hydrogen-bond acceptors (Lipinski definition) is 3. The van der Waals surface area contributed by atoms with Gasteiger partial charge < -0.3 is 14.0 Å². The van der Waals surface area contributed by atoms with E-state index in [4.69, 9.17) is 14.4 Å². The van der Waals surface area contributed by atoms with Crippen LogP contribution in [0.2, 0.25) is 0 Å². The molecule has 0 fully saturated rings. The molecule has 0 unspecified atom stereocenters. The first kappa shape index (κ1) is 26.3. The van der Waals surface area contributed by atoms with Crippen molar-refractivity contribution in [2.45, 2.75) is 0 Å². The number of benzene rings is 7. The van der Waals surface area contributed by atoms with Gasteiger partial charge in [-0.1, -0.05) is 78.9 Å². The predicted octanol–water partition coefficient (Wildman–Crippen LogP) is 8.80. The summed E-state index contributed by atoms with van der Waals surface area (Å²) in [6.45, 7) is -0.337. The van der Waals surface area contributed by atoms with Crippen LogP contribution in [0.15, 0.2) is 152 Å². The third-order valence-corrected chi connectivity index (χ3v) is 10.5. The van der Waals surface area contributed by atoms with Gasteiger partial charge in [0.1, 0.15) is 17.2 Å². The summed E-state index contributed by atoms with van der Waals surface area (Å²) in [5.41, 5.74) is 12.8. The van der Waals surface area contributed by atoms with Gasteiger partial charge in [0.15, 0.2) is 0 Å². The van der Waals surface area contributed by atoms with E-state index in [0.29, 0.717) is 0 Å². The molecule has 6 nitrogen and oxygen atoms in total. The molecule has 0 atom stereocenters. The zero-order valence-electron chi connectivity index (χ0n) is 26.6. The number of fused-ring (bicyclic) bond motifs is 12.